The van der Waals surface area contributed by atoms with Gasteiger partial charge in [0.1, 0.15) is 44.2 Å². The molecule has 288 valence electrons. The first kappa shape index (κ1) is 37.0. The van der Waals surface area contributed by atoms with E-state index < -0.39 is 11.2 Å². The SMILES string of the molecule is Cn1ccnc1C(C)(O)c1cccc(-c2csc(-c3c[nH]c4ncccc34)n2)c1.Cn1ccnc1C(C)(O)c1cccc(-c2csc(-c3c[nH]c4ncccc34)n2)c1. The third-order valence-corrected chi connectivity index (χ3v) is 12.1. The van der Waals surface area contributed by atoms with Crippen molar-refractivity contribution in [2.24, 2.45) is 14.1 Å². The fraction of sp³-hybridized carbons (Fsp3) is 0.136. The van der Waals surface area contributed by atoms with Crippen molar-refractivity contribution >= 4 is 44.7 Å². The van der Waals surface area contributed by atoms with E-state index in [9.17, 15) is 10.2 Å². The van der Waals surface area contributed by atoms with Crippen LogP contribution >= 0.6 is 22.7 Å². The molecule has 0 amide bonds. The molecule has 10 aromatic rings. The number of imidazole rings is 2. The van der Waals surface area contributed by atoms with Crippen LogP contribution < -0.4 is 0 Å². The molecule has 0 aliphatic carbocycles. The number of thiazole rings is 2. The Labute approximate surface area is 341 Å². The van der Waals surface area contributed by atoms with E-state index in [0.29, 0.717) is 11.6 Å². The number of fused-ring (bicyclic) bond motifs is 2. The van der Waals surface area contributed by atoms with Gasteiger partial charge in [-0.05, 0) is 61.4 Å². The van der Waals surface area contributed by atoms with Crippen molar-refractivity contribution in [2.45, 2.75) is 25.0 Å². The predicted octanol–water partition coefficient (Wildman–Crippen LogP) is 8.69. The molecular formula is C44H38N10O2S2. The zero-order chi connectivity index (χ0) is 40.0. The lowest BCUT2D eigenvalue weighted by Gasteiger charge is -2.23. The first-order valence-corrected chi connectivity index (χ1v) is 20.2. The zero-order valence-electron chi connectivity index (χ0n) is 32.0. The minimum absolute atomic E-state index is 0.597. The van der Waals surface area contributed by atoms with Gasteiger partial charge in [0.15, 0.2) is 0 Å². The molecule has 0 bridgehead atoms. The van der Waals surface area contributed by atoms with E-state index in [1.54, 1.807) is 61.3 Å². The van der Waals surface area contributed by atoms with Crippen LogP contribution in [0.25, 0.3) is 65.7 Å². The van der Waals surface area contributed by atoms with Crippen LogP contribution in [0.2, 0.25) is 0 Å². The van der Waals surface area contributed by atoms with Crippen molar-refractivity contribution in [3.63, 3.8) is 0 Å². The van der Waals surface area contributed by atoms with Crippen LogP contribution in [0.3, 0.4) is 0 Å². The second-order valence-corrected chi connectivity index (χ2v) is 16.0. The maximum atomic E-state index is 11.2. The molecule has 0 saturated heterocycles. The first-order chi connectivity index (χ1) is 28.1. The number of nitrogens with zero attached hydrogens (tertiary/aromatic N) is 8. The van der Waals surface area contributed by atoms with Crippen LogP contribution in [0.15, 0.2) is 133 Å². The van der Waals surface area contributed by atoms with Gasteiger partial charge in [-0.3, -0.25) is 0 Å². The van der Waals surface area contributed by atoms with Gasteiger partial charge in [0, 0.05) is 107 Å². The first-order valence-electron chi connectivity index (χ1n) is 18.5. The summed E-state index contributed by atoms with van der Waals surface area (Å²) >= 11 is 3.19. The number of aliphatic hydroxyl groups is 2. The van der Waals surface area contributed by atoms with Crippen LogP contribution in [0.4, 0.5) is 0 Å². The molecule has 12 nitrogen and oxygen atoms in total. The monoisotopic (exact) mass is 802 g/mol. The maximum Gasteiger partial charge on any atom is 0.144 e. The van der Waals surface area contributed by atoms with Crippen LogP contribution in [0, 0.1) is 0 Å². The molecule has 0 fully saturated rings. The summed E-state index contributed by atoms with van der Waals surface area (Å²) in [6.45, 7) is 3.53. The number of aromatic amines is 2. The van der Waals surface area contributed by atoms with Crippen molar-refractivity contribution in [1.82, 2.24) is 49.0 Å². The van der Waals surface area contributed by atoms with E-state index in [2.05, 4.69) is 29.9 Å². The number of hydrogen-bond donors (Lipinski definition) is 4. The highest BCUT2D eigenvalue weighted by Crippen LogP contribution is 2.37. The van der Waals surface area contributed by atoms with E-state index in [1.807, 2.05) is 132 Å². The molecule has 4 N–H and O–H groups in total. The Morgan fingerprint density at radius 1 is 0.569 bits per heavy atom. The lowest BCUT2D eigenvalue weighted by atomic mass is 9.93. The number of hydrogen-bond acceptors (Lipinski definition) is 10. The van der Waals surface area contributed by atoms with E-state index in [0.717, 1.165) is 76.9 Å². The Morgan fingerprint density at radius 2 is 1.02 bits per heavy atom. The molecule has 14 heteroatoms. The predicted molar refractivity (Wildman–Crippen MR) is 229 cm³/mol. The van der Waals surface area contributed by atoms with E-state index in [-0.39, 0.29) is 0 Å². The highest BCUT2D eigenvalue weighted by Gasteiger charge is 2.31. The topological polar surface area (TPSA) is 159 Å². The maximum absolute atomic E-state index is 11.2. The minimum atomic E-state index is -1.20. The summed E-state index contributed by atoms with van der Waals surface area (Å²) in [6.07, 6.45) is 14.5. The largest absolute Gasteiger partial charge is 0.377 e. The Hall–Kier alpha value is -6.58. The molecular weight excluding hydrogens is 765 g/mol. The molecule has 2 atom stereocenters. The Morgan fingerprint density at radius 3 is 1.43 bits per heavy atom. The van der Waals surface area contributed by atoms with Crippen molar-refractivity contribution < 1.29 is 10.2 Å². The summed E-state index contributed by atoms with van der Waals surface area (Å²) in [5, 5.41) is 30.4. The molecule has 2 unspecified atom stereocenters. The summed E-state index contributed by atoms with van der Waals surface area (Å²) < 4.78 is 3.66. The number of benzene rings is 2. The molecule has 58 heavy (non-hydrogen) atoms. The fourth-order valence-electron chi connectivity index (χ4n) is 7.22. The van der Waals surface area contributed by atoms with Gasteiger partial charge < -0.3 is 29.3 Å². The third kappa shape index (κ3) is 6.71. The van der Waals surface area contributed by atoms with Crippen molar-refractivity contribution in [2.75, 3.05) is 0 Å². The van der Waals surface area contributed by atoms with Gasteiger partial charge in [0.25, 0.3) is 0 Å². The fourth-order valence-corrected chi connectivity index (χ4v) is 8.93. The molecule has 10 rings (SSSR count). The Kier molecular flexibility index (Phi) is 9.41. The molecule has 0 aliphatic heterocycles. The molecule has 2 aromatic carbocycles. The van der Waals surface area contributed by atoms with Gasteiger partial charge in [-0.1, -0.05) is 36.4 Å². The van der Waals surface area contributed by atoms with Gasteiger partial charge in [0.05, 0.1) is 11.4 Å². The molecule has 0 saturated carbocycles. The number of rotatable bonds is 8. The molecule has 8 heterocycles. The average molecular weight is 803 g/mol. The van der Waals surface area contributed by atoms with Gasteiger partial charge in [-0.2, -0.15) is 0 Å². The summed E-state index contributed by atoms with van der Waals surface area (Å²) in [5.41, 5.74) is 6.60. The summed E-state index contributed by atoms with van der Waals surface area (Å²) in [6, 6.07) is 23.6. The standard InChI is InChI=1S/2C22H19N5OS/c2*1-22(28,21-24-9-10-27(21)2)15-6-3-5-14(11-15)18-13-29-20(26-18)17-12-25-19-16(17)7-4-8-23-19/h2*3-13,28H,1-2H3,(H,23,25). The lowest BCUT2D eigenvalue weighted by Crippen LogP contribution is -2.26. The smallest absolute Gasteiger partial charge is 0.144 e. The summed E-state index contributed by atoms with van der Waals surface area (Å²) in [7, 11) is 3.76. The van der Waals surface area contributed by atoms with Crippen molar-refractivity contribution in [3.05, 3.63) is 156 Å². The molecule has 0 spiro atoms. The number of pyridine rings is 2. The Balaban J connectivity index is 0.000000150. The van der Waals surface area contributed by atoms with E-state index in [4.69, 9.17) is 9.97 Å². The molecule has 0 radical (unpaired) electrons. The van der Waals surface area contributed by atoms with Crippen LogP contribution in [-0.4, -0.2) is 59.2 Å². The third-order valence-electron chi connectivity index (χ3n) is 10.3. The summed E-state index contributed by atoms with van der Waals surface area (Å²) in [5.74, 6) is 1.19. The normalized spacial score (nSPS) is 13.6. The van der Waals surface area contributed by atoms with Crippen LogP contribution in [-0.2, 0) is 25.3 Å². The average Bonchev–Trinajstić information content (AvgIpc) is 4.10. The zero-order valence-corrected chi connectivity index (χ0v) is 33.6. The lowest BCUT2D eigenvalue weighted by molar-refractivity contribution is 0.0888. The van der Waals surface area contributed by atoms with Crippen molar-refractivity contribution in [1.29, 1.82) is 0 Å². The van der Waals surface area contributed by atoms with Crippen molar-refractivity contribution in [3.8, 4) is 43.7 Å². The van der Waals surface area contributed by atoms with E-state index in [1.165, 1.54) is 0 Å². The van der Waals surface area contributed by atoms with E-state index >= 15 is 0 Å². The quantitative estimate of drug-likeness (QED) is 0.119. The van der Waals surface area contributed by atoms with Gasteiger partial charge >= 0.3 is 0 Å². The van der Waals surface area contributed by atoms with Gasteiger partial charge in [-0.25, -0.2) is 29.9 Å². The minimum Gasteiger partial charge on any atom is -0.377 e. The molecule has 8 aromatic heterocycles. The molecule has 0 aliphatic rings. The second kappa shape index (κ2) is 14.7. The highest BCUT2D eigenvalue weighted by atomic mass is 32.1. The number of aromatic nitrogens is 10. The number of aryl methyl sites for hydroxylation is 2. The van der Waals surface area contributed by atoms with Gasteiger partial charge in [-0.15, -0.1) is 22.7 Å². The van der Waals surface area contributed by atoms with Crippen LogP contribution in [0.5, 0.6) is 0 Å². The van der Waals surface area contributed by atoms with Gasteiger partial charge in [0.2, 0.25) is 0 Å². The number of nitrogens with one attached hydrogen (secondary N) is 2. The van der Waals surface area contributed by atoms with Crippen LogP contribution in [0.1, 0.15) is 36.6 Å². The number of H-pyrrole nitrogens is 2. The Bertz CT molecular complexity index is 2830. The highest BCUT2D eigenvalue weighted by molar-refractivity contribution is 7.13. The second-order valence-electron chi connectivity index (χ2n) is 14.3. The summed E-state index contributed by atoms with van der Waals surface area (Å²) in [4.78, 5) is 33.4.